The Hall–Kier alpha value is -3.15. The number of amides is 1. The monoisotopic (exact) mass is 338 g/mol. The third kappa shape index (κ3) is 4.16. The molecular weight excluding hydrogens is 328 g/mol. The SMILES string of the molecule is Nc1nnc(CCNC(=O)c2cc([N+](=O)[O-])cc([N+](=O)[O-])c2)s1. The molecule has 0 saturated heterocycles. The van der Waals surface area contributed by atoms with Crippen molar-refractivity contribution in [3.63, 3.8) is 0 Å². The fourth-order valence-electron chi connectivity index (χ4n) is 1.69. The van der Waals surface area contributed by atoms with Crippen molar-refractivity contribution in [1.82, 2.24) is 15.5 Å². The summed E-state index contributed by atoms with van der Waals surface area (Å²) < 4.78 is 0. The molecule has 12 heteroatoms. The molecule has 0 atom stereocenters. The Labute approximate surface area is 132 Å². The largest absolute Gasteiger partial charge is 0.374 e. The first-order chi connectivity index (χ1) is 10.9. The average Bonchev–Trinajstić information content (AvgIpc) is 2.92. The molecule has 0 aliphatic carbocycles. The molecule has 1 aromatic carbocycles. The van der Waals surface area contributed by atoms with Gasteiger partial charge in [-0.25, -0.2) is 0 Å². The van der Waals surface area contributed by atoms with Gasteiger partial charge in [-0.1, -0.05) is 11.3 Å². The van der Waals surface area contributed by atoms with Crippen molar-refractivity contribution in [3.8, 4) is 0 Å². The highest BCUT2D eigenvalue weighted by molar-refractivity contribution is 7.15. The summed E-state index contributed by atoms with van der Waals surface area (Å²) in [4.78, 5) is 31.9. The van der Waals surface area contributed by atoms with Crippen molar-refractivity contribution in [2.24, 2.45) is 0 Å². The number of rotatable bonds is 6. The standard InChI is InChI=1S/C11H10N6O5S/c12-11-15-14-9(23-11)1-2-13-10(18)6-3-7(16(19)20)5-8(4-6)17(21)22/h3-5H,1-2H2,(H2,12,15)(H,13,18). The van der Waals surface area contributed by atoms with E-state index in [1.165, 1.54) is 11.3 Å². The van der Waals surface area contributed by atoms with Gasteiger partial charge in [0.2, 0.25) is 5.13 Å². The maximum absolute atomic E-state index is 12.0. The highest BCUT2D eigenvalue weighted by Crippen LogP contribution is 2.22. The maximum Gasteiger partial charge on any atom is 0.277 e. The van der Waals surface area contributed by atoms with Crippen molar-refractivity contribution in [1.29, 1.82) is 0 Å². The Bertz CT molecular complexity index is 744. The van der Waals surface area contributed by atoms with E-state index in [9.17, 15) is 25.0 Å². The average molecular weight is 338 g/mol. The van der Waals surface area contributed by atoms with Crippen LogP contribution in [-0.4, -0.2) is 32.5 Å². The zero-order valence-electron chi connectivity index (χ0n) is 11.5. The van der Waals surface area contributed by atoms with Crippen LogP contribution in [0.5, 0.6) is 0 Å². The number of nitrogens with one attached hydrogen (secondary N) is 1. The number of carbonyl (C=O) groups excluding carboxylic acids is 1. The van der Waals surface area contributed by atoms with Crippen LogP contribution in [-0.2, 0) is 6.42 Å². The van der Waals surface area contributed by atoms with Crippen molar-refractivity contribution < 1.29 is 14.6 Å². The summed E-state index contributed by atoms with van der Waals surface area (Å²) in [7, 11) is 0. The Kier molecular flexibility index (Phi) is 4.75. The van der Waals surface area contributed by atoms with Gasteiger partial charge in [0.15, 0.2) is 0 Å². The van der Waals surface area contributed by atoms with E-state index in [1.807, 2.05) is 0 Å². The highest BCUT2D eigenvalue weighted by Gasteiger charge is 2.19. The van der Waals surface area contributed by atoms with Crippen LogP contribution in [0.25, 0.3) is 0 Å². The number of nitrogens with two attached hydrogens (primary N) is 1. The molecule has 2 aromatic rings. The lowest BCUT2D eigenvalue weighted by atomic mass is 10.1. The molecule has 0 spiro atoms. The molecule has 0 radical (unpaired) electrons. The molecule has 23 heavy (non-hydrogen) atoms. The van der Waals surface area contributed by atoms with Gasteiger partial charge < -0.3 is 11.1 Å². The molecule has 0 bridgehead atoms. The van der Waals surface area contributed by atoms with Crippen molar-refractivity contribution >= 4 is 33.8 Å². The third-order valence-electron chi connectivity index (χ3n) is 2.69. The third-order valence-corrected chi connectivity index (χ3v) is 3.51. The fraction of sp³-hybridized carbons (Fsp3) is 0.182. The van der Waals surface area contributed by atoms with Crippen LogP contribution in [0.1, 0.15) is 15.4 Å². The van der Waals surface area contributed by atoms with E-state index in [2.05, 4.69) is 15.5 Å². The molecule has 0 aliphatic heterocycles. The van der Waals surface area contributed by atoms with Gasteiger partial charge in [0.1, 0.15) is 5.01 Å². The number of nitro groups is 2. The zero-order valence-corrected chi connectivity index (χ0v) is 12.3. The van der Waals surface area contributed by atoms with Gasteiger partial charge in [-0.15, -0.1) is 10.2 Å². The van der Waals surface area contributed by atoms with Crippen molar-refractivity contribution in [2.45, 2.75) is 6.42 Å². The molecular formula is C11H10N6O5S. The zero-order chi connectivity index (χ0) is 17.0. The molecule has 0 unspecified atom stereocenters. The number of nitrogens with zero attached hydrogens (tertiary/aromatic N) is 4. The summed E-state index contributed by atoms with van der Waals surface area (Å²) >= 11 is 1.17. The molecule has 120 valence electrons. The van der Waals surface area contributed by atoms with Gasteiger partial charge in [-0.05, 0) is 0 Å². The van der Waals surface area contributed by atoms with Crippen LogP contribution in [0.2, 0.25) is 0 Å². The number of aromatic nitrogens is 2. The summed E-state index contributed by atoms with van der Waals surface area (Å²) in [5, 5.41) is 32.4. The Balaban J connectivity index is 2.08. The topological polar surface area (TPSA) is 167 Å². The van der Waals surface area contributed by atoms with Crippen molar-refractivity contribution in [3.05, 3.63) is 49.0 Å². The van der Waals surface area contributed by atoms with E-state index >= 15 is 0 Å². The molecule has 3 N–H and O–H groups in total. The predicted octanol–water partition coefficient (Wildman–Crippen LogP) is 0.909. The number of non-ortho nitro benzene ring substituents is 2. The van der Waals surface area contributed by atoms with Gasteiger partial charge in [0, 0.05) is 25.1 Å². The molecule has 11 nitrogen and oxygen atoms in total. The fourth-order valence-corrected chi connectivity index (χ4v) is 2.30. The van der Waals surface area contributed by atoms with Gasteiger partial charge >= 0.3 is 0 Å². The van der Waals surface area contributed by atoms with E-state index in [0.717, 1.165) is 18.2 Å². The van der Waals surface area contributed by atoms with Crippen LogP contribution in [0.4, 0.5) is 16.5 Å². The minimum absolute atomic E-state index is 0.164. The van der Waals surface area contributed by atoms with Crippen LogP contribution in [0.3, 0.4) is 0 Å². The molecule has 1 amide bonds. The maximum atomic E-state index is 12.0. The number of anilines is 1. The summed E-state index contributed by atoms with van der Waals surface area (Å²) in [6.07, 6.45) is 0.373. The predicted molar refractivity (Wildman–Crippen MR) is 80.1 cm³/mol. The lowest BCUT2D eigenvalue weighted by Gasteiger charge is -2.04. The van der Waals surface area contributed by atoms with E-state index in [-0.39, 0.29) is 12.1 Å². The first-order valence-electron chi connectivity index (χ1n) is 6.16. The molecule has 1 aromatic heterocycles. The first kappa shape index (κ1) is 16.2. The van der Waals surface area contributed by atoms with Crippen LogP contribution < -0.4 is 11.1 Å². The van der Waals surface area contributed by atoms with Gasteiger partial charge in [0.25, 0.3) is 17.3 Å². The lowest BCUT2D eigenvalue weighted by molar-refractivity contribution is -0.394. The van der Waals surface area contributed by atoms with E-state index in [4.69, 9.17) is 5.73 Å². The number of hydrogen-bond donors (Lipinski definition) is 2. The smallest absolute Gasteiger partial charge is 0.277 e. The first-order valence-corrected chi connectivity index (χ1v) is 6.98. The van der Waals surface area contributed by atoms with Gasteiger partial charge in [-0.3, -0.25) is 25.0 Å². The lowest BCUT2D eigenvalue weighted by Crippen LogP contribution is -2.25. The quantitative estimate of drug-likeness (QED) is 0.578. The van der Waals surface area contributed by atoms with Crippen LogP contribution >= 0.6 is 11.3 Å². The number of hydrogen-bond acceptors (Lipinski definition) is 9. The van der Waals surface area contributed by atoms with E-state index < -0.39 is 27.1 Å². The molecule has 0 aliphatic rings. The number of nitro benzene ring substituents is 2. The molecule has 0 saturated carbocycles. The van der Waals surface area contributed by atoms with Crippen molar-refractivity contribution in [2.75, 3.05) is 12.3 Å². The van der Waals surface area contributed by atoms with E-state index in [0.29, 0.717) is 16.6 Å². The number of nitrogen functional groups attached to an aromatic ring is 1. The highest BCUT2D eigenvalue weighted by atomic mass is 32.1. The molecule has 1 heterocycles. The van der Waals surface area contributed by atoms with Crippen LogP contribution in [0.15, 0.2) is 18.2 Å². The molecule has 2 rings (SSSR count). The van der Waals surface area contributed by atoms with Gasteiger partial charge in [-0.2, -0.15) is 0 Å². The van der Waals surface area contributed by atoms with Crippen LogP contribution in [0, 0.1) is 20.2 Å². The number of benzene rings is 1. The normalized spacial score (nSPS) is 10.3. The Morgan fingerprint density at radius 2 is 1.78 bits per heavy atom. The number of carbonyl (C=O) groups is 1. The second-order valence-corrected chi connectivity index (χ2v) is 5.39. The second kappa shape index (κ2) is 6.74. The Morgan fingerprint density at radius 1 is 1.17 bits per heavy atom. The minimum atomic E-state index is -0.798. The Morgan fingerprint density at radius 3 is 2.26 bits per heavy atom. The second-order valence-electron chi connectivity index (χ2n) is 4.29. The minimum Gasteiger partial charge on any atom is -0.374 e. The summed E-state index contributed by atoms with van der Waals surface area (Å²) in [5.41, 5.74) is 4.20. The summed E-state index contributed by atoms with van der Waals surface area (Å²) in [6, 6.07) is 2.75. The summed E-state index contributed by atoms with van der Waals surface area (Å²) in [5.74, 6) is -0.658. The van der Waals surface area contributed by atoms with E-state index in [1.54, 1.807) is 0 Å². The van der Waals surface area contributed by atoms with Gasteiger partial charge in [0.05, 0.1) is 21.5 Å². The molecule has 0 fully saturated rings. The summed E-state index contributed by atoms with van der Waals surface area (Å²) in [6.45, 7) is 0.184.